The molecule has 5 rings (SSSR count). The average molecular weight is 358 g/mol. The molecule has 2 aromatic heterocycles. The van der Waals surface area contributed by atoms with Crippen LogP contribution in [0.5, 0.6) is 0 Å². The van der Waals surface area contributed by atoms with Gasteiger partial charge in [0.2, 0.25) is 5.91 Å². The number of benzene rings is 2. The molecule has 2 atom stereocenters. The van der Waals surface area contributed by atoms with Crippen LogP contribution >= 0.6 is 0 Å². The summed E-state index contributed by atoms with van der Waals surface area (Å²) < 4.78 is 3.58. The number of nitrogens with one attached hydrogen (secondary N) is 1. The fraction of sp³-hybridized carbons (Fsp3) is 0.190. The summed E-state index contributed by atoms with van der Waals surface area (Å²) >= 11 is 0. The minimum Gasteiger partial charge on any atom is -0.345 e. The van der Waals surface area contributed by atoms with Gasteiger partial charge in [0.25, 0.3) is 5.56 Å². The second-order valence-electron chi connectivity index (χ2n) is 6.94. The van der Waals surface area contributed by atoms with E-state index in [1.807, 2.05) is 66.2 Å². The van der Waals surface area contributed by atoms with Gasteiger partial charge in [-0.3, -0.25) is 14.2 Å². The van der Waals surface area contributed by atoms with Crippen LogP contribution in [0.1, 0.15) is 24.8 Å². The number of carbonyl (C=O) groups is 1. The van der Waals surface area contributed by atoms with Crippen LogP contribution in [0.3, 0.4) is 0 Å². The number of aromatic nitrogens is 3. The van der Waals surface area contributed by atoms with Crippen molar-refractivity contribution in [3.8, 4) is 0 Å². The number of amides is 1. The van der Waals surface area contributed by atoms with Crippen molar-refractivity contribution < 1.29 is 4.79 Å². The van der Waals surface area contributed by atoms with Crippen molar-refractivity contribution >= 4 is 27.7 Å². The highest BCUT2D eigenvalue weighted by Gasteiger charge is 2.34. The van der Waals surface area contributed by atoms with Gasteiger partial charge in [0.1, 0.15) is 11.9 Å². The Morgan fingerprint density at radius 2 is 1.81 bits per heavy atom. The van der Waals surface area contributed by atoms with E-state index in [0.717, 1.165) is 10.9 Å². The maximum atomic E-state index is 13.2. The van der Waals surface area contributed by atoms with E-state index >= 15 is 0 Å². The molecule has 0 aliphatic carbocycles. The molecule has 1 N–H and O–H groups in total. The van der Waals surface area contributed by atoms with Gasteiger partial charge >= 0.3 is 0 Å². The van der Waals surface area contributed by atoms with Gasteiger partial charge in [-0.1, -0.05) is 30.3 Å². The third-order valence-electron chi connectivity index (χ3n) is 5.25. The molecule has 6 heteroatoms. The van der Waals surface area contributed by atoms with E-state index in [2.05, 4.69) is 10.3 Å². The molecule has 4 aromatic rings. The molecule has 3 heterocycles. The van der Waals surface area contributed by atoms with E-state index in [1.165, 1.54) is 0 Å². The molecular weight excluding hydrogens is 340 g/mol. The van der Waals surface area contributed by atoms with Crippen molar-refractivity contribution in [2.24, 2.45) is 0 Å². The lowest BCUT2D eigenvalue weighted by atomic mass is 10.1. The van der Waals surface area contributed by atoms with Gasteiger partial charge in [-0.05, 0) is 36.6 Å². The number of carbonyl (C=O) groups excluding carboxylic acids is 1. The summed E-state index contributed by atoms with van der Waals surface area (Å²) in [4.78, 5) is 30.7. The molecule has 0 radical (unpaired) electrons. The molecule has 0 saturated carbocycles. The highest BCUT2D eigenvalue weighted by molar-refractivity contribution is 5.84. The number of fused-ring (bicyclic) bond motifs is 3. The van der Waals surface area contributed by atoms with Crippen molar-refractivity contribution in [2.75, 3.05) is 0 Å². The van der Waals surface area contributed by atoms with Crippen molar-refractivity contribution in [1.29, 1.82) is 0 Å². The molecule has 1 amide bonds. The van der Waals surface area contributed by atoms with Crippen molar-refractivity contribution in [1.82, 2.24) is 19.4 Å². The quantitative estimate of drug-likeness (QED) is 0.599. The predicted octanol–water partition coefficient (Wildman–Crippen LogP) is 2.78. The molecule has 134 valence electrons. The highest BCUT2D eigenvalue weighted by atomic mass is 16.2. The zero-order valence-electron chi connectivity index (χ0n) is 14.8. The largest absolute Gasteiger partial charge is 0.345 e. The SMILES string of the molecule is C[C@@H]1NC(=O)[C@H](Cn2ccc3ccccc32)n2c1nc1ccccc1c2=O. The lowest BCUT2D eigenvalue weighted by Gasteiger charge is -2.31. The number of para-hydroxylation sites is 2. The summed E-state index contributed by atoms with van der Waals surface area (Å²) in [6, 6.07) is 16.3. The monoisotopic (exact) mass is 358 g/mol. The summed E-state index contributed by atoms with van der Waals surface area (Å²) in [6.45, 7) is 2.23. The van der Waals surface area contributed by atoms with Gasteiger partial charge < -0.3 is 9.88 Å². The molecule has 0 unspecified atom stereocenters. The molecule has 0 spiro atoms. The second-order valence-corrected chi connectivity index (χ2v) is 6.94. The lowest BCUT2D eigenvalue weighted by molar-refractivity contribution is -0.126. The fourth-order valence-electron chi connectivity index (χ4n) is 3.91. The van der Waals surface area contributed by atoms with E-state index in [9.17, 15) is 9.59 Å². The zero-order valence-corrected chi connectivity index (χ0v) is 14.8. The van der Waals surface area contributed by atoms with Crippen molar-refractivity contribution in [3.63, 3.8) is 0 Å². The van der Waals surface area contributed by atoms with Crippen LogP contribution in [0.4, 0.5) is 0 Å². The lowest BCUT2D eigenvalue weighted by Crippen LogP contribution is -2.48. The topological polar surface area (TPSA) is 68.9 Å². The van der Waals surface area contributed by atoms with Gasteiger partial charge in [-0.2, -0.15) is 0 Å². The first kappa shape index (κ1) is 15.8. The second kappa shape index (κ2) is 5.81. The molecule has 6 nitrogen and oxygen atoms in total. The minimum atomic E-state index is -0.642. The molecular formula is C21H18N4O2. The van der Waals surface area contributed by atoms with E-state index in [-0.39, 0.29) is 17.5 Å². The molecule has 1 aliphatic rings. The van der Waals surface area contributed by atoms with E-state index in [0.29, 0.717) is 23.3 Å². The molecule has 0 saturated heterocycles. The zero-order chi connectivity index (χ0) is 18.5. The Morgan fingerprint density at radius 3 is 2.70 bits per heavy atom. The first-order valence-electron chi connectivity index (χ1n) is 8.99. The van der Waals surface area contributed by atoms with Crippen LogP contribution in [-0.2, 0) is 11.3 Å². The van der Waals surface area contributed by atoms with Gasteiger partial charge in [-0.15, -0.1) is 0 Å². The predicted molar refractivity (Wildman–Crippen MR) is 104 cm³/mol. The van der Waals surface area contributed by atoms with Gasteiger partial charge in [0, 0.05) is 11.7 Å². The van der Waals surface area contributed by atoms with Gasteiger partial charge in [-0.25, -0.2) is 4.98 Å². The fourth-order valence-corrected chi connectivity index (χ4v) is 3.91. The maximum Gasteiger partial charge on any atom is 0.262 e. The van der Waals surface area contributed by atoms with Crippen LogP contribution in [0, 0.1) is 0 Å². The van der Waals surface area contributed by atoms with Crippen LogP contribution in [-0.4, -0.2) is 20.0 Å². The molecule has 27 heavy (non-hydrogen) atoms. The Labute approximate surface area is 155 Å². The number of hydrogen-bond acceptors (Lipinski definition) is 3. The number of rotatable bonds is 2. The normalized spacial score (nSPS) is 19.2. The standard InChI is InChI=1S/C21H18N4O2/c1-13-19-23-16-8-4-3-7-15(16)21(27)25(19)18(20(26)22-13)12-24-11-10-14-6-2-5-9-17(14)24/h2-11,13,18H,12H2,1H3,(H,22,26)/t13-,18-/m0/s1. The summed E-state index contributed by atoms with van der Waals surface area (Å²) in [5.74, 6) is 0.437. The molecule has 1 aliphatic heterocycles. The Hall–Kier alpha value is -3.41. The highest BCUT2D eigenvalue weighted by Crippen LogP contribution is 2.25. The van der Waals surface area contributed by atoms with E-state index in [1.54, 1.807) is 10.6 Å². The average Bonchev–Trinajstić information content (AvgIpc) is 3.08. The Kier molecular flexibility index (Phi) is 3.40. The number of nitrogens with zero attached hydrogens (tertiary/aromatic N) is 3. The maximum absolute atomic E-state index is 13.2. The Morgan fingerprint density at radius 1 is 1.04 bits per heavy atom. The van der Waals surface area contributed by atoms with Crippen molar-refractivity contribution in [3.05, 3.63) is 77.0 Å². The van der Waals surface area contributed by atoms with E-state index < -0.39 is 6.04 Å². The minimum absolute atomic E-state index is 0.160. The number of hydrogen-bond donors (Lipinski definition) is 1. The first-order valence-corrected chi connectivity index (χ1v) is 8.99. The van der Waals surface area contributed by atoms with Crippen LogP contribution < -0.4 is 10.9 Å². The van der Waals surface area contributed by atoms with Crippen molar-refractivity contribution in [2.45, 2.75) is 25.6 Å². The van der Waals surface area contributed by atoms with Gasteiger partial charge in [0.15, 0.2) is 0 Å². The molecule has 0 bridgehead atoms. The van der Waals surface area contributed by atoms with Crippen LogP contribution in [0.25, 0.3) is 21.8 Å². The third-order valence-corrected chi connectivity index (χ3v) is 5.25. The Bertz CT molecular complexity index is 1250. The third kappa shape index (κ3) is 2.37. The molecule has 0 fully saturated rings. The van der Waals surface area contributed by atoms with Crippen LogP contribution in [0.15, 0.2) is 65.6 Å². The first-order chi connectivity index (χ1) is 13.1. The summed E-state index contributed by atoms with van der Waals surface area (Å²) in [7, 11) is 0. The Balaban J connectivity index is 1.70. The smallest absolute Gasteiger partial charge is 0.262 e. The molecule has 2 aromatic carbocycles. The summed E-state index contributed by atoms with van der Waals surface area (Å²) in [5, 5.41) is 4.60. The summed E-state index contributed by atoms with van der Waals surface area (Å²) in [5.41, 5.74) is 1.52. The van der Waals surface area contributed by atoms with E-state index in [4.69, 9.17) is 0 Å². The van der Waals surface area contributed by atoms with Gasteiger partial charge in [0.05, 0.1) is 23.5 Å². The van der Waals surface area contributed by atoms with Crippen LogP contribution in [0.2, 0.25) is 0 Å². The summed E-state index contributed by atoms with van der Waals surface area (Å²) in [6.07, 6.45) is 1.95.